The molecule has 3 heterocycles. The first kappa shape index (κ1) is 14.0. The van der Waals surface area contributed by atoms with Crippen molar-refractivity contribution in [3.8, 4) is 0 Å². The van der Waals surface area contributed by atoms with E-state index in [0.29, 0.717) is 11.4 Å². The van der Waals surface area contributed by atoms with Gasteiger partial charge < -0.3 is 0 Å². The van der Waals surface area contributed by atoms with Gasteiger partial charge in [-0.3, -0.25) is 14.8 Å². The second-order valence-corrected chi connectivity index (χ2v) is 6.39. The number of aromatic nitrogens is 3. The van der Waals surface area contributed by atoms with Crippen LogP contribution in [-0.2, 0) is 19.5 Å². The van der Waals surface area contributed by atoms with Crippen molar-refractivity contribution in [3.63, 3.8) is 0 Å². The summed E-state index contributed by atoms with van der Waals surface area (Å²) in [6, 6.07) is 1.77. The minimum absolute atomic E-state index is 0.0693. The second kappa shape index (κ2) is 5.45. The van der Waals surface area contributed by atoms with E-state index in [-0.39, 0.29) is 11.6 Å². The van der Waals surface area contributed by atoms with Crippen molar-refractivity contribution >= 4 is 17.2 Å². The minimum atomic E-state index is -0.314. The van der Waals surface area contributed by atoms with Crippen LogP contribution in [0.2, 0.25) is 0 Å². The summed E-state index contributed by atoms with van der Waals surface area (Å²) in [6.07, 6.45) is 2.96. The number of amides is 1. The molecule has 0 saturated carbocycles. The summed E-state index contributed by atoms with van der Waals surface area (Å²) in [4.78, 5) is 25.4. The highest BCUT2D eigenvalue weighted by atomic mass is 32.1. The predicted octanol–water partition coefficient (Wildman–Crippen LogP) is 0.403. The Kier molecular flexibility index (Phi) is 3.64. The summed E-state index contributed by atoms with van der Waals surface area (Å²) in [5, 5.41) is 4.41. The number of hydrogen-bond donors (Lipinski definition) is 2. The molecule has 3 rings (SSSR count). The number of rotatable bonds is 3. The highest BCUT2D eigenvalue weighted by Gasteiger charge is 2.18. The minimum Gasteiger partial charge on any atom is -0.289 e. The molecule has 0 fully saturated rings. The zero-order valence-corrected chi connectivity index (χ0v) is 12.6. The van der Waals surface area contributed by atoms with E-state index in [2.05, 4.69) is 10.5 Å². The third-order valence-electron chi connectivity index (χ3n) is 3.73. The summed E-state index contributed by atoms with van der Waals surface area (Å²) in [5.74, 6) is 5.69. The van der Waals surface area contributed by atoms with E-state index in [4.69, 9.17) is 5.84 Å². The van der Waals surface area contributed by atoms with Crippen LogP contribution in [0.25, 0.3) is 0 Å². The van der Waals surface area contributed by atoms with Crippen LogP contribution in [0.1, 0.15) is 38.8 Å². The summed E-state index contributed by atoms with van der Waals surface area (Å²) < 4.78 is 3.23. The zero-order chi connectivity index (χ0) is 15.0. The Hall–Kier alpha value is -1.93. The molecule has 3 N–H and O–H groups in total. The maximum absolute atomic E-state index is 12.3. The first-order valence-electron chi connectivity index (χ1n) is 6.87. The lowest BCUT2D eigenvalue weighted by Crippen LogP contribution is -2.29. The van der Waals surface area contributed by atoms with Crippen LogP contribution < -0.4 is 17.0 Å². The molecule has 7 nitrogen and oxygen atoms in total. The van der Waals surface area contributed by atoms with Crippen molar-refractivity contribution in [1.82, 2.24) is 19.8 Å². The molecule has 1 aliphatic rings. The molecule has 0 atom stereocenters. The smallest absolute Gasteiger partial charge is 0.289 e. The number of nitrogen functional groups attached to an aromatic ring is 1. The summed E-state index contributed by atoms with van der Waals surface area (Å²) in [5.41, 5.74) is 2.98. The van der Waals surface area contributed by atoms with Gasteiger partial charge in [0, 0.05) is 17.8 Å². The van der Waals surface area contributed by atoms with Crippen LogP contribution >= 0.6 is 11.3 Å². The van der Waals surface area contributed by atoms with E-state index < -0.39 is 0 Å². The Balaban J connectivity index is 1.90. The molecule has 1 amide bonds. The van der Waals surface area contributed by atoms with Crippen molar-refractivity contribution in [2.75, 3.05) is 0 Å². The van der Waals surface area contributed by atoms with Crippen LogP contribution in [0, 0.1) is 6.92 Å². The maximum atomic E-state index is 12.3. The highest BCUT2D eigenvalue weighted by molar-refractivity contribution is 7.14. The molecule has 8 heteroatoms. The number of nitrogens with two attached hydrogens (primary N) is 1. The van der Waals surface area contributed by atoms with E-state index >= 15 is 0 Å². The molecule has 0 radical (unpaired) electrons. The Morgan fingerprint density at radius 2 is 2.33 bits per heavy atom. The number of aryl methyl sites for hydroxylation is 2. The Morgan fingerprint density at radius 3 is 3.05 bits per heavy atom. The fourth-order valence-corrected chi connectivity index (χ4v) is 3.51. The Labute approximate surface area is 125 Å². The van der Waals surface area contributed by atoms with Gasteiger partial charge in [-0.15, -0.1) is 11.3 Å². The SMILES string of the molecule is Cc1sc(C(=O)NN)cc1Cn1nc2n(c1=O)CCCC2. The maximum Gasteiger partial charge on any atom is 0.346 e. The van der Waals surface area contributed by atoms with Gasteiger partial charge in [-0.1, -0.05) is 0 Å². The first-order valence-corrected chi connectivity index (χ1v) is 7.68. The van der Waals surface area contributed by atoms with E-state index in [1.807, 2.05) is 6.92 Å². The van der Waals surface area contributed by atoms with Crippen molar-refractivity contribution in [1.29, 1.82) is 0 Å². The summed E-state index contributed by atoms with van der Waals surface area (Å²) in [6.45, 7) is 3.06. The van der Waals surface area contributed by atoms with Crippen LogP contribution in [0.3, 0.4) is 0 Å². The molecule has 0 saturated heterocycles. The van der Waals surface area contributed by atoms with Gasteiger partial charge in [0.1, 0.15) is 5.82 Å². The topological polar surface area (TPSA) is 94.9 Å². The predicted molar refractivity (Wildman–Crippen MR) is 79.2 cm³/mol. The molecule has 0 bridgehead atoms. The molecule has 0 unspecified atom stereocenters. The quantitative estimate of drug-likeness (QED) is 0.487. The molecule has 0 spiro atoms. The number of carbonyl (C=O) groups excluding carboxylic acids is 1. The number of fused-ring (bicyclic) bond motifs is 1. The van der Waals surface area contributed by atoms with E-state index in [9.17, 15) is 9.59 Å². The average Bonchev–Trinajstić information content (AvgIpc) is 3.01. The molecule has 0 aromatic carbocycles. The van der Waals surface area contributed by atoms with Crippen molar-refractivity contribution in [2.24, 2.45) is 5.84 Å². The largest absolute Gasteiger partial charge is 0.346 e. The van der Waals surface area contributed by atoms with E-state index in [0.717, 1.165) is 42.1 Å². The molecule has 1 aliphatic heterocycles. The van der Waals surface area contributed by atoms with Gasteiger partial charge >= 0.3 is 5.69 Å². The van der Waals surface area contributed by atoms with Crippen molar-refractivity contribution in [3.05, 3.63) is 37.7 Å². The number of hydrazine groups is 1. The number of thiophene rings is 1. The van der Waals surface area contributed by atoms with Crippen LogP contribution in [0.5, 0.6) is 0 Å². The van der Waals surface area contributed by atoms with E-state index in [1.165, 1.54) is 16.0 Å². The third kappa shape index (κ3) is 2.52. The van der Waals surface area contributed by atoms with Gasteiger partial charge in [-0.05, 0) is 31.4 Å². The molecular formula is C13H17N5O2S. The lowest BCUT2D eigenvalue weighted by atomic mass is 10.2. The van der Waals surface area contributed by atoms with Crippen molar-refractivity contribution in [2.45, 2.75) is 39.3 Å². The Bertz CT molecular complexity index is 742. The third-order valence-corrected chi connectivity index (χ3v) is 4.82. The van der Waals surface area contributed by atoms with Gasteiger partial charge in [0.25, 0.3) is 5.91 Å². The number of hydrogen-bond acceptors (Lipinski definition) is 5. The fraction of sp³-hybridized carbons (Fsp3) is 0.462. The van der Waals surface area contributed by atoms with Crippen molar-refractivity contribution < 1.29 is 4.79 Å². The molecule has 2 aromatic rings. The van der Waals surface area contributed by atoms with Crippen LogP contribution in [0.15, 0.2) is 10.9 Å². The molecule has 21 heavy (non-hydrogen) atoms. The molecule has 2 aromatic heterocycles. The lowest BCUT2D eigenvalue weighted by Gasteiger charge is -2.09. The monoisotopic (exact) mass is 307 g/mol. The average molecular weight is 307 g/mol. The van der Waals surface area contributed by atoms with Gasteiger partial charge in [0.15, 0.2) is 0 Å². The number of nitrogens with zero attached hydrogens (tertiary/aromatic N) is 3. The number of carbonyl (C=O) groups is 1. The van der Waals surface area contributed by atoms with Gasteiger partial charge in [-0.25, -0.2) is 15.3 Å². The molecule has 0 aliphatic carbocycles. The summed E-state index contributed by atoms with van der Waals surface area (Å²) in [7, 11) is 0. The Morgan fingerprint density at radius 1 is 1.52 bits per heavy atom. The van der Waals surface area contributed by atoms with E-state index in [1.54, 1.807) is 10.6 Å². The first-order chi connectivity index (χ1) is 10.1. The van der Waals surface area contributed by atoms with Gasteiger partial charge in [0.2, 0.25) is 0 Å². The highest BCUT2D eigenvalue weighted by Crippen LogP contribution is 2.22. The second-order valence-electron chi connectivity index (χ2n) is 5.13. The lowest BCUT2D eigenvalue weighted by molar-refractivity contribution is 0.0957. The standard InChI is InChI=1S/C13H17N5O2S/c1-8-9(6-10(21-8)12(19)15-14)7-18-13(20)17-5-3-2-4-11(17)16-18/h6H,2-5,7,14H2,1H3,(H,15,19). The summed E-state index contributed by atoms with van der Waals surface area (Å²) >= 11 is 1.37. The van der Waals surface area contributed by atoms with Gasteiger partial charge in [-0.2, -0.15) is 5.10 Å². The van der Waals surface area contributed by atoms with Crippen LogP contribution in [0.4, 0.5) is 0 Å². The van der Waals surface area contributed by atoms with Crippen LogP contribution in [-0.4, -0.2) is 20.3 Å². The molecular weight excluding hydrogens is 290 g/mol. The normalized spacial score (nSPS) is 14.0. The zero-order valence-electron chi connectivity index (χ0n) is 11.8. The fourth-order valence-electron chi connectivity index (χ4n) is 2.57. The van der Waals surface area contributed by atoms with Gasteiger partial charge in [0.05, 0.1) is 11.4 Å². The number of nitrogens with one attached hydrogen (secondary N) is 1. The molecule has 112 valence electrons.